The Bertz CT molecular complexity index is 2780. The summed E-state index contributed by atoms with van der Waals surface area (Å²) < 4.78 is 167. The number of nitrogens with two attached hydrogens (primary N) is 2. The first kappa shape index (κ1) is 32.0. The summed E-state index contributed by atoms with van der Waals surface area (Å²) in [5.74, 6) is -23.8. The summed E-state index contributed by atoms with van der Waals surface area (Å²) in [5.41, 5.74) is 11.4. The summed E-state index contributed by atoms with van der Waals surface area (Å²) in [6, 6.07) is 4.11. The second kappa shape index (κ2) is 10.6. The molecule has 0 fully saturated rings. The molecule has 4 heterocycles. The first-order valence-corrected chi connectivity index (χ1v) is 14.2. The molecule has 51 heavy (non-hydrogen) atoms. The Hall–Kier alpha value is -6.27. The Morgan fingerprint density at radius 1 is 0.608 bits per heavy atom. The van der Waals surface area contributed by atoms with E-state index in [1.165, 1.54) is 0 Å². The van der Waals surface area contributed by atoms with Crippen LogP contribution < -0.4 is 26.9 Å². The fraction of sp³-hybridized carbons (Fsp3) is 0. The van der Waals surface area contributed by atoms with Gasteiger partial charge in [-0.3, -0.25) is 0 Å². The van der Waals surface area contributed by atoms with E-state index in [9.17, 15) is 48.3 Å². The van der Waals surface area contributed by atoms with E-state index in [2.05, 4.69) is 16.6 Å². The molecule has 4 aromatic carbocycles. The van der Waals surface area contributed by atoms with Crippen LogP contribution in [0.5, 0.6) is 5.75 Å². The van der Waals surface area contributed by atoms with Crippen molar-refractivity contribution in [2.75, 3.05) is 5.73 Å². The van der Waals surface area contributed by atoms with Crippen molar-refractivity contribution >= 4 is 64.1 Å². The van der Waals surface area contributed by atoms with Gasteiger partial charge >= 0.3 is 6.98 Å². The monoisotopic (exact) mass is 716 g/mol. The zero-order chi connectivity index (χ0) is 36.5. The van der Waals surface area contributed by atoms with E-state index in [0.717, 1.165) is 15.0 Å². The molecule has 0 spiro atoms. The number of nitrogens with zero attached hydrogens (tertiary/aromatic N) is 4. The molecule has 0 saturated carbocycles. The van der Waals surface area contributed by atoms with Crippen molar-refractivity contribution in [2.45, 2.75) is 0 Å². The molecule has 8 rings (SSSR count). The van der Waals surface area contributed by atoms with Crippen LogP contribution in [-0.2, 0) is 0 Å². The second-order valence-electron chi connectivity index (χ2n) is 11.4. The SMILES string of the molecule is C=c1c2cc(F)c(F)cc2c2n1B(n1c(N)c3cc(F)c(F)cc3c1N=C1N=C(N)c3cc(F)c(F)cc31)C=2Oc1c(F)c(F)c(F)c(F)c1F. The van der Waals surface area contributed by atoms with Crippen molar-refractivity contribution in [1.82, 2.24) is 8.96 Å². The Kier molecular flexibility index (Phi) is 6.66. The molecular formula is C32H12BF11N6O. The van der Waals surface area contributed by atoms with Gasteiger partial charge in [-0.05, 0) is 36.4 Å². The fourth-order valence-electron chi connectivity index (χ4n) is 6.23. The van der Waals surface area contributed by atoms with E-state index >= 15 is 0 Å². The second-order valence-corrected chi connectivity index (χ2v) is 11.4. The van der Waals surface area contributed by atoms with E-state index in [1.54, 1.807) is 0 Å². The number of aliphatic imine (C=N–C) groups is 2. The van der Waals surface area contributed by atoms with Gasteiger partial charge in [0.05, 0.1) is 5.35 Å². The van der Waals surface area contributed by atoms with E-state index in [0.29, 0.717) is 30.3 Å². The van der Waals surface area contributed by atoms with Gasteiger partial charge in [-0.25, -0.2) is 49.5 Å². The lowest BCUT2D eigenvalue weighted by Gasteiger charge is -2.30. The number of halogens is 11. The van der Waals surface area contributed by atoms with Gasteiger partial charge in [-0.2, -0.15) is 8.78 Å². The molecule has 0 saturated heterocycles. The smallest absolute Gasteiger partial charge is 0.458 e. The van der Waals surface area contributed by atoms with Crippen molar-refractivity contribution in [3.8, 4) is 5.75 Å². The summed E-state index contributed by atoms with van der Waals surface area (Å²) in [6.45, 7) is 2.10. The molecule has 2 aromatic heterocycles. The zero-order valence-electron chi connectivity index (χ0n) is 24.8. The number of hydrogen-bond acceptors (Lipinski definition) is 4. The van der Waals surface area contributed by atoms with Crippen LogP contribution in [0.3, 0.4) is 0 Å². The van der Waals surface area contributed by atoms with E-state index in [4.69, 9.17) is 16.2 Å². The highest BCUT2D eigenvalue weighted by Gasteiger charge is 2.45. The molecule has 19 heteroatoms. The molecule has 0 bridgehead atoms. The van der Waals surface area contributed by atoms with Gasteiger partial charge < -0.3 is 25.2 Å². The molecular weight excluding hydrogens is 704 g/mol. The molecule has 0 amide bonds. The summed E-state index contributed by atoms with van der Waals surface area (Å²) >= 11 is 0. The number of rotatable bonds is 4. The lowest BCUT2D eigenvalue weighted by Crippen LogP contribution is -2.58. The Labute approximate surface area is 275 Å². The lowest BCUT2D eigenvalue weighted by molar-refractivity contribution is 0.339. The molecule has 6 aromatic rings. The first-order chi connectivity index (χ1) is 24.1. The molecule has 0 atom stereocenters. The van der Waals surface area contributed by atoms with E-state index in [1.807, 2.05) is 0 Å². The van der Waals surface area contributed by atoms with Gasteiger partial charge in [0.1, 0.15) is 23.1 Å². The number of hydrogen-bond donors (Lipinski definition) is 2. The van der Waals surface area contributed by atoms with Gasteiger partial charge in [-0.15, -0.1) is 0 Å². The number of fused-ring (bicyclic) bond motifs is 5. The Balaban J connectivity index is 1.47. The molecule has 2 aliphatic heterocycles. The molecule has 0 aliphatic carbocycles. The highest BCUT2D eigenvalue weighted by molar-refractivity contribution is 6.77. The maximum Gasteiger partial charge on any atom is 0.463 e. The average Bonchev–Trinajstić information content (AvgIpc) is 3.60. The average molecular weight is 716 g/mol. The molecule has 7 nitrogen and oxygen atoms in total. The maximum absolute atomic E-state index is 15.0. The van der Waals surface area contributed by atoms with Crippen LogP contribution in [0.15, 0.2) is 46.4 Å². The number of amidine groups is 2. The summed E-state index contributed by atoms with van der Waals surface area (Å²) in [4.78, 5) is 8.38. The number of anilines is 1. The quantitative estimate of drug-likeness (QED) is 0.109. The van der Waals surface area contributed by atoms with Gasteiger partial charge in [0.2, 0.25) is 34.8 Å². The minimum atomic E-state index is -2.50. The first-order valence-electron chi connectivity index (χ1n) is 14.2. The van der Waals surface area contributed by atoms with E-state index in [-0.39, 0.29) is 49.2 Å². The topological polar surface area (TPSA) is 95.8 Å². The van der Waals surface area contributed by atoms with Gasteiger partial charge in [0.25, 0.3) is 0 Å². The number of aromatic nitrogens is 2. The minimum Gasteiger partial charge on any atom is -0.458 e. The summed E-state index contributed by atoms with van der Waals surface area (Å²) in [5, 5.41) is -1.27. The third-order valence-electron chi connectivity index (χ3n) is 8.58. The standard InChI is InChI=1S/C32H12BF11N6O/c1-8-9-2-15(34)16(35)3-10(9)26-28(51-27-24(43)22(41)21(40)23(42)25(27)44)33(49(8)26)50-30(46)12-5-18(37)20(39)7-14(12)32(50)48-31-13-6-19(38)17(36)4-11(13)29(45)47-31/h2-7H,1,46H2,(H2,45,47,48). The highest BCUT2D eigenvalue weighted by atomic mass is 19.2. The molecule has 0 unspecified atom stereocenters. The highest BCUT2D eigenvalue weighted by Crippen LogP contribution is 2.41. The molecule has 0 radical (unpaired) electrons. The van der Waals surface area contributed by atoms with Gasteiger partial charge in [0, 0.05) is 38.0 Å². The molecule has 4 N–H and O–H groups in total. The van der Waals surface area contributed by atoms with Crippen molar-refractivity contribution in [2.24, 2.45) is 15.7 Å². The molecule has 2 aliphatic rings. The van der Waals surface area contributed by atoms with Gasteiger partial charge in [0.15, 0.2) is 40.7 Å². The zero-order valence-corrected chi connectivity index (χ0v) is 24.8. The van der Waals surface area contributed by atoms with Crippen LogP contribution in [0.4, 0.5) is 59.9 Å². The number of benzene rings is 4. The van der Waals surface area contributed by atoms with Crippen molar-refractivity contribution in [1.29, 1.82) is 0 Å². The van der Waals surface area contributed by atoms with Crippen LogP contribution in [0, 0.1) is 64.0 Å². The van der Waals surface area contributed by atoms with Gasteiger partial charge in [-0.1, -0.05) is 6.58 Å². The van der Waals surface area contributed by atoms with Crippen molar-refractivity contribution in [3.63, 3.8) is 0 Å². The minimum absolute atomic E-state index is 0.103. The summed E-state index contributed by atoms with van der Waals surface area (Å²) in [6.07, 6.45) is 0. The fourth-order valence-corrected chi connectivity index (χ4v) is 6.23. The van der Waals surface area contributed by atoms with Crippen molar-refractivity contribution in [3.05, 3.63) is 122 Å². The lowest BCUT2D eigenvalue weighted by atomic mass is 9.66. The largest absolute Gasteiger partial charge is 0.463 e. The van der Waals surface area contributed by atoms with Crippen LogP contribution in [0.2, 0.25) is 0 Å². The van der Waals surface area contributed by atoms with E-state index < -0.39 is 99.9 Å². The van der Waals surface area contributed by atoms with Crippen LogP contribution in [0.1, 0.15) is 11.1 Å². The number of ether oxygens (including phenoxy) is 1. The predicted molar refractivity (Wildman–Crippen MR) is 163 cm³/mol. The predicted octanol–water partition coefficient (Wildman–Crippen LogP) is 5.54. The number of nitrogen functional groups attached to an aromatic ring is 1. The Morgan fingerprint density at radius 3 is 1.71 bits per heavy atom. The normalized spacial score (nSPS) is 14.5. The van der Waals surface area contributed by atoms with Crippen LogP contribution >= 0.6 is 0 Å². The third-order valence-corrected chi connectivity index (χ3v) is 8.58. The van der Waals surface area contributed by atoms with Crippen LogP contribution in [-0.4, -0.2) is 27.6 Å². The van der Waals surface area contributed by atoms with Crippen LogP contribution in [0.25, 0.3) is 33.8 Å². The maximum atomic E-state index is 15.0. The molecule has 256 valence electrons. The Morgan fingerprint density at radius 2 is 1.10 bits per heavy atom. The van der Waals surface area contributed by atoms with Crippen molar-refractivity contribution < 1.29 is 53.0 Å². The summed E-state index contributed by atoms with van der Waals surface area (Å²) in [7, 11) is 0. The third kappa shape index (κ3) is 4.26.